The Morgan fingerprint density at radius 3 is 2.41 bits per heavy atom. The molecular formula is C19H14F3N3O4. The van der Waals surface area contributed by atoms with Crippen LogP contribution in [-0.2, 0) is 15.8 Å². The van der Waals surface area contributed by atoms with Crippen molar-refractivity contribution >= 4 is 35.4 Å². The van der Waals surface area contributed by atoms with E-state index in [0.717, 1.165) is 18.3 Å². The molecule has 1 aliphatic rings. The van der Waals surface area contributed by atoms with Crippen LogP contribution in [-0.4, -0.2) is 31.2 Å². The number of alkyl halides is 3. The molecule has 0 aromatic heterocycles. The summed E-state index contributed by atoms with van der Waals surface area (Å²) in [5, 5.41) is 1.96. The van der Waals surface area contributed by atoms with Gasteiger partial charge in [-0.15, -0.1) is 0 Å². The first-order valence-electron chi connectivity index (χ1n) is 8.25. The number of aliphatic imine (C=N–C) groups is 1. The van der Waals surface area contributed by atoms with Crippen LogP contribution in [0.1, 0.15) is 5.56 Å². The SMILES string of the molecule is COc1ccc(N=C[C@H]2C(=O)NC(=O)N(c3cccc(C(F)(F)F)c3)C2=O)cc1. The van der Waals surface area contributed by atoms with Crippen LogP contribution >= 0.6 is 0 Å². The summed E-state index contributed by atoms with van der Waals surface area (Å²) in [6.07, 6.45) is -3.62. The molecule has 1 aliphatic heterocycles. The van der Waals surface area contributed by atoms with Gasteiger partial charge in [-0.2, -0.15) is 13.2 Å². The lowest BCUT2D eigenvalue weighted by molar-refractivity contribution is -0.138. The number of nitrogens with one attached hydrogen (secondary N) is 1. The van der Waals surface area contributed by atoms with E-state index in [1.54, 1.807) is 24.3 Å². The number of barbiturate groups is 1. The van der Waals surface area contributed by atoms with Crippen LogP contribution < -0.4 is 15.0 Å². The highest BCUT2D eigenvalue weighted by atomic mass is 19.4. The predicted octanol–water partition coefficient (Wildman–Crippen LogP) is 3.32. The monoisotopic (exact) mass is 405 g/mol. The summed E-state index contributed by atoms with van der Waals surface area (Å²) in [5.41, 5.74) is -0.928. The number of nitrogens with zero attached hydrogens (tertiary/aromatic N) is 2. The highest BCUT2D eigenvalue weighted by Crippen LogP contribution is 2.32. The van der Waals surface area contributed by atoms with Crippen molar-refractivity contribution < 1.29 is 32.3 Å². The number of hydrogen-bond acceptors (Lipinski definition) is 5. The summed E-state index contributed by atoms with van der Waals surface area (Å²) >= 11 is 0. The molecule has 2 aromatic rings. The van der Waals surface area contributed by atoms with Crippen LogP contribution in [0, 0.1) is 5.92 Å². The summed E-state index contributed by atoms with van der Waals surface area (Å²) in [6.45, 7) is 0. The van der Waals surface area contributed by atoms with Gasteiger partial charge < -0.3 is 4.74 Å². The molecule has 1 heterocycles. The molecule has 1 atom stereocenters. The Morgan fingerprint density at radius 2 is 1.79 bits per heavy atom. The average Bonchev–Trinajstić information content (AvgIpc) is 2.67. The van der Waals surface area contributed by atoms with E-state index in [0.29, 0.717) is 22.4 Å². The van der Waals surface area contributed by atoms with Crippen molar-refractivity contribution in [2.24, 2.45) is 10.9 Å². The van der Waals surface area contributed by atoms with Crippen LogP contribution in [0.4, 0.5) is 29.3 Å². The second-order valence-corrected chi connectivity index (χ2v) is 5.97. The minimum absolute atomic E-state index is 0.308. The minimum Gasteiger partial charge on any atom is -0.497 e. The standard InChI is InChI=1S/C19H14F3N3O4/c1-29-14-7-5-12(6-8-14)23-10-15-16(26)24-18(28)25(17(15)27)13-4-2-3-11(9-13)19(20,21)22/h2-10,15H,1H3,(H,24,26,28)/t15-/m0/s1. The van der Waals surface area contributed by atoms with Crippen molar-refractivity contribution in [3.63, 3.8) is 0 Å². The molecule has 1 saturated heterocycles. The fourth-order valence-corrected chi connectivity index (χ4v) is 2.62. The fraction of sp³-hybridized carbons (Fsp3) is 0.158. The van der Waals surface area contributed by atoms with Crippen molar-refractivity contribution in [1.29, 1.82) is 0 Å². The van der Waals surface area contributed by atoms with Gasteiger partial charge in [-0.25, -0.2) is 9.69 Å². The van der Waals surface area contributed by atoms with E-state index in [4.69, 9.17) is 4.74 Å². The van der Waals surface area contributed by atoms with Crippen molar-refractivity contribution in [3.8, 4) is 5.75 Å². The molecule has 1 fully saturated rings. The van der Waals surface area contributed by atoms with Gasteiger partial charge in [-0.3, -0.25) is 19.9 Å². The Hall–Kier alpha value is -3.69. The minimum atomic E-state index is -4.66. The maximum Gasteiger partial charge on any atom is 0.416 e. The summed E-state index contributed by atoms with van der Waals surface area (Å²) in [7, 11) is 1.49. The van der Waals surface area contributed by atoms with E-state index >= 15 is 0 Å². The third kappa shape index (κ3) is 4.26. The summed E-state index contributed by atoms with van der Waals surface area (Å²) in [4.78, 5) is 41.4. The van der Waals surface area contributed by atoms with E-state index in [1.165, 1.54) is 13.2 Å². The molecule has 1 N–H and O–H groups in total. The van der Waals surface area contributed by atoms with Crippen LogP contribution in [0.5, 0.6) is 5.75 Å². The molecule has 150 valence electrons. The van der Waals surface area contributed by atoms with Crippen molar-refractivity contribution in [3.05, 3.63) is 54.1 Å². The zero-order valence-electron chi connectivity index (χ0n) is 14.9. The van der Waals surface area contributed by atoms with Crippen molar-refractivity contribution in [2.45, 2.75) is 6.18 Å². The first-order chi connectivity index (χ1) is 13.7. The zero-order chi connectivity index (χ0) is 21.2. The Morgan fingerprint density at radius 1 is 1.10 bits per heavy atom. The number of ether oxygens (including phenoxy) is 1. The number of imide groups is 2. The number of anilines is 1. The van der Waals surface area contributed by atoms with Crippen LogP contribution in [0.25, 0.3) is 0 Å². The molecule has 29 heavy (non-hydrogen) atoms. The molecule has 7 nitrogen and oxygen atoms in total. The van der Waals surface area contributed by atoms with Gasteiger partial charge in [-0.1, -0.05) is 6.07 Å². The third-order valence-electron chi connectivity index (χ3n) is 4.08. The number of rotatable bonds is 4. The Kier molecular flexibility index (Phi) is 5.35. The summed E-state index contributed by atoms with van der Waals surface area (Å²) in [6, 6.07) is 8.96. The van der Waals surface area contributed by atoms with Gasteiger partial charge in [0.1, 0.15) is 5.75 Å². The molecule has 0 spiro atoms. The first kappa shape index (κ1) is 20.1. The van der Waals surface area contributed by atoms with Crippen molar-refractivity contribution in [2.75, 3.05) is 12.0 Å². The maximum absolute atomic E-state index is 12.9. The molecule has 0 bridgehead atoms. The first-order valence-corrected chi connectivity index (χ1v) is 8.25. The second-order valence-electron chi connectivity index (χ2n) is 5.97. The zero-order valence-corrected chi connectivity index (χ0v) is 14.9. The molecule has 0 radical (unpaired) electrons. The number of halogens is 3. The topological polar surface area (TPSA) is 88.1 Å². The quantitative estimate of drug-likeness (QED) is 0.625. The van der Waals surface area contributed by atoms with Gasteiger partial charge >= 0.3 is 12.2 Å². The van der Waals surface area contributed by atoms with Gasteiger partial charge in [0.2, 0.25) is 5.91 Å². The van der Waals surface area contributed by atoms with Gasteiger partial charge in [0, 0.05) is 6.21 Å². The normalized spacial score (nSPS) is 17.6. The number of hydrogen-bond donors (Lipinski definition) is 1. The number of amides is 4. The lowest BCUT2D eigenvalue weighted by atomic mass is 10.1. The van der Waals surface area contributed by atoms with E-state index in [-0.39, 0.29) is 5.69 Å². The Balaban J connectivity index is 1.89. The number of methoxy groups -OCH3 is 1. The molecule has 0 unspecified atom stereocenters. The lowest BCUT2D eigenvalue weighted by Gasteiger charge is -2.28. The molecule has 10 heteroatoms. The van der Waals surface area contributed by atoms with Gasteiger partial charge in [-0.05, 0) is 42.5 Å². The molecular weight excluding hydrogens is 391 g/mol. The van der Waals surface area contributed by atoms with Crippen LogP contribution in [0.15, 0.2) is 53.5 Å². The second kappa shape index (κ2) is 7.74. The summed E-state index contributed by atoms with van der Waals surface area (Å²) < 4.78 is 43.8. The smallest absolute Gasteiger partial charge is 0.416 e. The fourth-order valence-electron chi connectivity index (χ4n) is 2.62. The van der Waals surface area contributed by atoms with Gasteiger partial charge in [0.25, 0.3) is 5.91 Å². The van der Waals surface area contributed by atoms with Gasteiger partial charge in [0.05, 0.1) is 24.0 Å². The van der Waals surface area contributed by atoms with Crippen LogP contribution in [0.2, 0.25) is 0 Å². The predicted molar refractivity (Wildman–Crippen MR) is 97.1 cm³/mol. The van der Waals surface area contributed by atoms with Gasteiger partial charge in [0.15, 0.2) is 5.92 Å². The largest absolute Gasteiger partial charge is 0.497 e. The molecule has 0 saturated carbocycles. The third-order valence-corrected chi connectivity index (χ3v) is 4.08. The maximum atomic E-state index is 12.9. The number of carbonyl (C=O) groups excluding carboxylic acids is 3. The highest BCUT2D eigenvalue weighted by molar-refractivity contribution is 6.32. The van der Waals surface area contributed by atoms with Crippen LogP contribution in [0.3, 0.4) is 0 Å². The lowest BCUT2D eigenvalue weighted by Crippen LogP contribution is -2.58. The number of urea groups is 1. The molecule has 2 aromatic carbocycles. The highest BCUT2D eigenvalue weighted by Gasteiger charge is 2.41. The summed E-state index contributed by atoms with van der Waals surface area (Å²) in [5.74, 6) is -2.82. The molecule has 0 aliphatic carbocycles. The van der Waals surface area contributed by atoms with E-state index in [2.05, 4.69) is 4.99 Å². The molecule has 3 rings (SSSR count). The molecule has 4 amide bonds. The average molecular weight is 405 g/mol. The van der Waals surface area contributed by atoms with E-state index in [9.17, 15) is 27.6 Å². The number of carbonyl (C=O) groups is 3. The Labute approximate surface area is 162 Å². The van der Waals surface area contributed by atoms with E-state index < -0.39 is 35.5 Å². The van der Waals surface area contributed by atoms with Crippen molar-refractivity contribution in [1.82, 2.24) is 5.32 Å². The van der Waals surface area contributed by atoms with E-state index in [1.807, 2.05) is 5.32 Å². The Bertz CT molecular complexity index is 987. The number of benzene rings is 2.